The van der Waals surface area contributed by atoms with E-state index in [0.29, 0.717) is 33.6 Å². The molecule has 7 nitrogen and oxygen atoms in total. The summed E-state index contributed by atoms with van der Waals surface area (Å²) < 4.78 is 0. The van der Waals surface area contributed by atoms with E-state index in [2.05, 4.69) is 4.90 Å². The van der Waals surface area contributed by atoms with Gasteiger partial charge in [0.25, 0.3) is 17.5 Å². The predicted octanol–water partition coefficient (Wildman–Crippen LogP) is 5.62. The number of aryl methyl sites for hydroxylation is 1. The Bertz CT molecular complexity index is 1370. The average molecular weight is 468 g/mol. The summed E-state index contributed by atoms with van der Waals surface area (Å²) in [6.45, 7) is 3.48. The van der Waals surface area contributed by atoms with Gasteiger partial charge >= 0.3 is 0 Å². The van der Waals surface area contributed by atoms with E-state index in [1.807, 2.05) is 13.0 Å². The van der Waals surface area contributed by atoms with Gasteiger partial charge in [-0.15, -0.1) is 0 Å². The lowest BCUT2D eigenvalue weighted by Gasteiger charge is -2.29. The number of nitro benzene ring substituents is 1. The minimum absolute atomic E-state index is 0.0180. The third-order valence-corrected chi connectivity index (χ3v) is 6.55. The van der Waals surface area contributed by atoms with Crippen molar-refractivity contribution in [2.24, 2.45) is 0 Å². The number of amides is 2. The van der Waals surface area contributed by atoms with Crippen molar-refractivity contribution in [3.05, 3.63) is 99.1 Å². The molecule has 5 rings (SSSR count). The van der Waals surface area contributed by atoms with Gasteiger partial charge in [0.05, 0.1) is 10.6 Å². The predicted molar refractivity (Wildman–Crippen MR) is 136 cm³/mol. The lowest BCUT2D eigenvalue weighted by Crippen LogP contribution is -2.41. The zero-order chi connectivity index (χ0) is 24.5. The molecule has 2 heterocycles. The van der Waals surface area contributed by atoms with Crippen molar-refractivity contribution < 1.29 is 14.5 Å². The molecule has 3 aromatic rings. The minimum Gasteiger partial charge on any atom is -0.366 e. The van der Waals surface area contributed by atoms with Crippen LogP contribution in [-0.2, 0) is 4.79 Å². The molecule has 7 heteroatoms. The lowest BCUT2D eigenvalue weighted by molar-refractivity contribution is -0.384. The Balaban J connectivity index is 1.61. The monoisotopic (exact) mass is 467 g/mol. The Labute approximate surface area is 203 Å². The molecule has 2 aliphatic rings. The number of carbonyl (C=O) groups excluding carboxylic acids is 2. The van der Waals surface area contributed by atoms with E-state index in [9.17, 15) is 19.7 Å². The first-order valence-electron chi connectivity index (χ1n) is 11.7. The van der Waals surface area contributed by atoms with Crippen molar-refractivity contribution >= 4 is 40.5 Å². The van der Waals surface area contributed by atoms with Gasteiger partial charge in [-0.05, 0) is 73.2 Å². The fourth-order valence-corrected chi connectivity index (χ4v) is 4.84. The number of hydrogen-bond acceptors (Lipinski definition) is 5. The second-order valence-corrected chi connectivity index (χ2v) is 8.94. The second kappa shape index (κ2) is 9.18. The van der Waals surface area contributed by atoms with Gasteiger partial charge in [-0.2, -0.15) is 0 Å². The van der Waals surface area contributed by atoms with Gasteiger partial charge in [0.1, 0.15) is 5.69 Å². The smallest absolute Gasteiger partial charge is 0.293 e. The first-order valence-corrected chi connectivity index (χ1v) is 11.7. The number of nitrogens with zero attached hydrogens (tertiary/aromatic N) is 3. The van der Waals surface area contributed by atoms with Gasteiger partial charge in [0, 0.05) is 30.3 Å². The van der Waals surface area contributed by atoms with E-state index >= 15 is 0 Å². The summed E-state index contributed by atoms with van der Waals surface area (Å²) in [5.74, 6) is -0.846. The van der Waals surface area contributed by atoms with Crippen molar-refractivity contribution in [1.29, 1.82) is 0 Å². The Morgan fingerprint density at radius 3 is 2.31 bits per heavy atom. The van der Waals surface area contributed by atoms with Crippen LogP contribution in [0.25, 0.3) is 11.6 Å². The molecule has 1 fully saturated rings. The zero-order valence-corrected chi connectivity index (χ0v) is 19.4. The number of nitro groups is 1. The van der Waals surface area contributed by atoms with Crippen LogP contribution in [0.15, 0.2) is 66.7 Å². The van der Waals surface area contributed by atoms with Crippen LogP contribution >= 0.6 is 0 Å². The maximum Gasteiger partial charge on any atom is 0.293 e. The van der Waals surface area contributed by atoms with Gasteiger partial charge in [-0.25, -0.2) is 4.90 Å². The molecule has 0 saturated carbocycles. The summed E-state index contributed by atoms with van der Waals surface area (Å²) in [4.78, 5) is 41.7. The SMILES string of the molecule is Cc1cccc(N2C(=O)/C(=C/c3ccc(N4CCCCC4)c([N+](=O)[O-])c3)c3ccccc3C2=O)c1. The number of imide groups is 1. The molecule has 0 N–H and O–H groups in total. The number of rotatable bonds is 4. The molecule has 3 aromatic carbocycles. The van der Waals surface area contributed by atoms with E-state index in [1.165, 1.54) is 11.0 Å². The molecule has 0 bridgehead atoms. The van der Waals surface area contributed by atoms with Crippen LogP contribution in [0.1, 0.15) is 46.3 Å². The highest BCUT2D eigenvalue weighted by Gasteiger charge is 2.36. The standard InChI is InChI=1S/C28H25N3O4/c1-19-8-7-9-21(16-19)30-27(32)23-11-4-3-10-22(23)24(28(30)33)17-20-12-13-25(26(18-20)31(34)35)29-14-5-2-6-15-29/h3-4,7-13,16-18H,2,5-6,14-15H2,1H3/b24-17+. The molecule has 0 radical (unpaired) electrons. The highest BCUT2D eigenvalue weighted by Crippen LogP contribution is 2.36. The van der Waals surface area contributed by atoms with Gasteiger partial charge < -0.3 is 4.90 Å². The molecular weight excluding hydrogens is 442 g/mol. The van der Waals surface area contributed by atoms with E-state index < -0.39 is 5.91 Å². The Morgan fingerprint density at radius 2 is 1.60 bits per heavy atom. The van der Waals surface area contributed by atoms with Crippen LogP contribution in [0.4, 0.5) is 17.1 Å². The molecule has 176 valence electrons. The molecule has 0 aromatic heterocycles. The first-order chi connectivity index (χ1) is 16.9. The van der Waals surface area contributed by atoms with Gasteiger partial charge in [-0.1, -0.05) is 36.4 Å². The number of hydrogen-bond donors (Lipinski definition) is 0. The second-order valence-electron chi connectivity index (χ2n) is 8.94. The summed E-state index contributed by atoms with van der Waals surface area (Å²) in [6.07, 6.45) is 4.80. The molecule has 2 aliphatic heterocycles. The Kier molecular flexibility index (Phi) is 5.91. The highest BCUT2D eigenvalue weighted by molar-refractivity contribution is 6.43. The number of piperidine rings is 1. The Morgan fingerprint density at radius 1 is 0.857 bits per heavy atom. The van der Waals surface area contributed by atoms with Crippen molar-refractivity contribution in [3.8, 4) is 0 Å². The van der Waals surface area contributed by atoms with Crippen LogP contribution in [0.3, 0.4) is 0 Å². The maximum atomic E-state index is 13.6. The fraction of sp³-hybridized carbons (Fsp3) is 0.214. The van der Waals surface area contributed by atoms with Crippen LogP contribution in [0, 0.1) is 17.0 Å². The number of fused-ring (bicyclic) bond motifs is 1. The number of carbonyl (C=O) groups is 2. The van der Waals surface area contributed by atoms with Crippen LogP contribution in [0.2, 0.25) is 0 Å². The van der Waals surface area contributed by atoms with Crippen molar-refractivity contribution in [2.75, 3.05) is 22.9 Å². The largest absolute Gasteiger partial charge is 0.366 e. The van der Waals surface area contributed by atoms with Crippen LogP contribution in [-0.4, -0.2) is 29.8 Å². The van der Waals surface area contributed by atoms with E-state index in [0.717, 1.165) is 37.9 Å². The molecule has 2 amide bonds. The lowest BCUT2D eigenvalue weighted by atomic mass is 9.91. The summed E-state index contributed by atoms with van der Waals surface area (Å²) in [5, 5.41) is 11.9. The summed E-state index contributed by atoms with van der Waals surface area (Å²) in [5.41, 5.74) is 3.83. The summed E-state index contributed by atoms with van der Waals surface area (Å²) >= 11 is 0. The fourth-order valence-electron chi connectivity index (χ4n) is 4.84. The zero-order valence-electron chi connectivity index (χ0n) is 19.4. The normalized spacial score (nSPS) is 17.0. The summed E-state index contributed by atoms with van der Waals surface area (Å²) in [6, 6.07) is 19.3. The molecule has 35 heavy (non-hydrogen) atoms. The third-order valence-electron chi connectivity index (χ3n) is 6.55. The highest BCUT2D eigenvalue weighted by atomic mass is 16.6. The molecule has 0 aliphatic carbocycles. The van der Waals surface area contributed by atoms with E-state index in [1.54, 1.807) is 60.7 Å². The van der Waals surface area contributed by atoms with Crippen molar-refractivity contribution in [2.45, 2.75) is 26.2 Å². The van der Waals surface area contributed by atoms with Crippen LogP contribution in [0.5, 0.6) is 0 Å². The Hall–Kier alpha value is -4.26. The van der Waals surface area contributed by atoms with Crippen molar-refractivity contribution in [1.82, 2.24) is 0 Å². The van der Waals surface area contributed by atoms with Crippen molar-refractivity contribution in [3.63, 3.8) is 0 Å². The van der Waals surface area contributed by atoms with E-state index in [-0.39, 0.29) is 16.5 Å². The molecule has 1 saturated heterocycles. The molecule has 0 unspecified atom stereocenters. The van der Waals surface area contributed by atoms with Gasteiger partial charge in [0.2, 0.25) is 0 Å². The third kappa shape index (κ3) is 4.21. The average Bonchev–Trinajstić information content (AvgIpc) is 2.87. The first kappa shape index (κ1) is 22.5. The number of benzene rings is 3. The summed E-state index contributed by atoms with van der Waals surface area (Å²) in [7, 11) is 0. The minimum atomic E-state index is -0.456. The maximum absolute atomic E-state index is 13.6. The van der Waals surface area contributed by atoms with E-state index in [4.69, 9.17) is 0 Å². The molecule has 0 atom stereocenters. The van der Waals surface area contributed by atoms with Gasteiger partial charge in [0.15, 0.2) is 0 Å². The van der Waals surface area contributed by atoms with Crippen LogP contribution < -0.4 is 9.80 Å². The molecular formula is C28H25N3O4. The number of anilines is 2. The quantitative estimate of drug-likeness (QED) is 0.215. The van der Waals surface area contributed by atoms with Gasteiger partial charge in [-0.3, -0.25) is 19.7 Å². The topological polar surface area (TPSA) is 83.8 Å². The molecule has 0 spiro atoms.